The van der Waals surface area contributed by atoms with Crippen LogP contribution < -0.4 is 16.0 Å². The molecule has 160 valence electrons. The van der Waals surface area contributed by atoms with Crippen LogP contribution in [0.25, 0.3) is 0 Å². The van der Waals surface area contributed by atoms with E-state index < -0.39 is 12.1 Å². The SMILES string of the molecule is C#CCCC1(CCNC(=O)C2CNC(=O)CC23CNC3)N=N1.O=C(O)C(F)(F)F. The van der Waals surface area contributed by atoms with Crippen LogP contribution in [0.3, 0.4) is 0 Å². The molecule has 0 aliphatic carbocycles. The first-order valence-corrected chi connectivity index (χ1v) is 8.96. The van der Waals surface area contributed by atoms with Gasteiger partial charge in [-0.15, -0.1) is 12.3 Å². The number of hydrogen-bond donors (Lipinski definition) is 4. The normalized spacial score (nSPS) is 23.0. The van der Waals surface area contributed by atoms with Crippen LogP contribution in [0.5, 0.6) is 0 Å². The molecular formula is C17H22F3N5O4. The number of alkyl halides is 3. The molecule has 0 bridgehead atoms. The van der Waals surface area contributed by atoms with Gasteiger partial charge in [0.15, 0.2) is 5.66 Å². The van der Waals surface area contributed by atoms with E-state index in [1.54, 1.807) is 0 Å². The van der Waals surface area contributed by atoms with Gasteiger partial charge in [-0.25, -0.2) is 4.79 Å². The molecule has 2 amide bonds. The Bertz CT molecular complexity index is 722. The summed E-state index contributed by atoms with van der Waals surface area (Å²) in [5, 5.41) is 24.2. The van der Waals surface area contributed by atoms with E-state index in [4.69, 9.17) is 16.3 Å². The Morgan fingerprint density at radius 3 is 2.38 bits per heavy atom. The van der Waals surface area contributed by atoms with Crippen molar-refractivity contribution in [3.05, 3.63) is 0 Å². The standard InChI is InChI=1S/C15H21N5O2.C2HF3O2/c1-2-3-4-15(19-20-15)5-6-17-13(22)11-8-18-12(21)7-14(11)9-16-10-14;3-2(4,5)1(6)7/h1,11,16H,3-10H2,(H,17,22)(H,18,21);(H,6,7). The van der Waals surface area contributed by atoms with Gasteiger partial charge in [0.25, 0.3) is 0 Å². The Kier molecular flexibility index (Phi) is 6.84. The summed E-state index contributed by atoms with van der Waals surface area (Å²) in [5.74, 6) is -0.287. The second-order valence-corrected chi connectivity index (χ2v) is 7.23. The van der Waals surface area contributed by atoms with Gasteiger partial charge in [-0.1, -0.05) is 0 Å². The third-order valence-electron chi connectivity index (χ3n) is 5.15. The lowest BCUT2D eigenvalue weighted by atomic mass is 9.66. The van der Waals surface area contributed by atoms with Crippen molar-refractivity contribution in [3.63, 3.8) is 0 Å². The Balaban J connectivity index is 0.000000370. The molecule has 4 N–H and O–H groups in total. The number of nitrogens with one attached hydrogen (secondary N) is 3. The lowest BCUT2D eigenvalue weighted by molar-refractivity contribution is -0.192. The number of carbonyl (C=O) groups excluding carboxylic acids is 2. The van der Waals surface area contributed by atoms with Gasteiger partial charge in [-0.2, -0.15) is 23.4 Å². The van der Waals surface area contributed by atoms with Gasteiger partial charge >= 0.3 is 12.1 Å². The third kappa shape index (κ3) is 5.90. The average Bonchev–Trinajstić information content (AvgIpc) is 3.38. The summed E-state index contributed by atoms with van der Waals surface area (Å²) >= 11 is 0. The summed E-state index contributed by atoms with van der Waals surface area (Å²) in [6, 6.07) is 0. The van der Waals surface area contributed by atoms with E-state index in [2.05, 4.69) is 32.1 Å². The largest absolute Gasteiger partial charge is 0.490 e. The number of rotatable bonds is 6. The monoisotopic (exact) mass is 417 g/mol. The second-order valence-electron chi connectivity index (χ2n) is 7.23. The molecule has 12 heteroatoms. The summed E-state index contributed by atoms with van der Waals surface area (Å²) in [6.07, 6.45) is 2.67. The minimum atomic E-state index is -5.08. The predicted octanol–water partition coefficient (Wildman–Crippen LogP) is 0.427. The van der Waals surface area contributed by atoms with Crippen molar-refractivity contribution in [2.75, 3.05) is 26.2 Å². The first kappa shape index (κ1) is 22.6. The number of aliphatic carboxylic acids is 1. The Labute approximate surface area is 164 Å². The third-order valence-corrected chi connectivity index (χ3v) is 5.15. The highest BCUT2D eigenvalue weighted by Gasteiger charge is 2.51. The van der Waals surface area contributed by atoms with Crippen LogP contribution in [0.2, 0.25) is 0 Å². The molecule has 3 heterocycles. The predicted molar refractivity (Wildman–Crippen MR) is 93.4 cm³/mol. The maximum Gasteiger partial charge on any atom is 0.490 e. The molecule has 3 rings (SSSR count). The fraction of sp³-hybridized carbons (Fsp3) is 0.706. The summed E-state index contributed by atoms with van der Waals surface area (Å²) in [6.45, 7) is 2.41. The molecule has 3 aliphatic heterocycles. The molecular weight excluding hydrogens is 395 g/mol. The molecule has 2 fully saturated rings. The molecule has 0 aromatic rings. The summed E-state index contributed by atoms with van der Waals surface area (Å²) < 4.78 is 31.7. The van der Waals surface area contributed by atoms with Crippen LogP contribution in [0.4, 0.5) is 13.2 Å². The number of carbonyl (C=O) groups is 3. The van der Waals surface area contributed by atoms with Crippen LogP contribution in [0.15, 0.2) is 10.2 Å². The average molecular weight is 417 g/mol. The van der Waals surface area contributed by atoms with Crippen molar-refractivity contribution < 1.29 is 32.7 Å². The minimum Gasteiger partial charge on any atom is -0.475 e. The van der Waals surface area contributed by atoms with Crippen LogP contribution in [-0.2, 0) is 14.4 Å². The number of amides is 2. The molecule has 9 nitrogen and oxygen atoms in total. The Morgan fingerprint density at radius 1 is 1.31 bits per heavy atom. The van der Waals surface area contributed by atoms with Gasteiger partial charge in [0.05, 0.1) is 5.92 Å². The van der Waals surface area contributed by atoms with Crippen LogP contribution >= 0.6 is 0 Å². The Hall–Kier alpha value is -2.68. The maximum absolute atomic E-state index is 12.4. The number of nitrogens with zero attached hydrogens (tertiary/aromatic N) is 2. The van der Waals surface area contributed by atoms with Crippen molar-refractivity contribution in [3.8, 4) is 12.3 Å². The number of halogens is 3. The number of hydrogen-bond acceptors (Lipinski definition) is 6. The van der Waals surface area contributed by atoms with Crippen molar-refractivity contribution in [1.82, 2.24) is 16.0 Å². The molecule has 0 aromatic heterocycles. The minimum absolute atomic E-state index is 0.00856. The topological polar surface area (TPSA) is 132 Å². The molecule has 0 radical (unpaired) electrons. The van der Waals surface area contributed by atoms with Crippen molar-refractivity contribution in [2.45, 2.75) is 37.5 Å². The van der Waals surface area contributed by atoms with E-state index in [1.165, 1.54) is 0 Å². The second kappa shape index (κ2) is 8.77. The lowest BCUT2D eigenvalue weighted by Gasteiger charge is -2.49. The highest BCUT2D eigenvalue weighted by molar-refractivity contribution is 5.85. The molecule has 0 saturated carbocycles. The van der Waals surface area contributed by atoms with Gasteiger partial charge in [-0.05, 0) is 0 Å². The number of piperidine rings is 1. The highest BCUT2D eigenvalue weighted by Crippen LogP contribution is 2.39. The fourth-order valence-corrected chi connectivity index (χ4v) is 3.30. The molecule has 3 aliphatic rings. The zero-order valence-corrected chi connectivity index (χ0v) is 15.5. The quantitative estimate of drug-likeness (QED) is 0.465. The molecule has 29 heavy (non-hydrogen) atoms. The first-order valence-electron chi connectivity index (χ1n) is 8.96. The zero-order valence-electron chi connectivity index (χ0n) is 15.5. The maximum atomic E-state index is 12.4. The number of terminal acetylenes is 1. The van der Waals surface area contributed by atoms with Gasteiger partial charge in [0, 0.05) is 57.3 Å². The zero-order chi connectivity index (χ0) is 21.7. The molecule has 0 aromatic carbocycles. The van der Waals surface area contributed by atoms with Gasteiger partial charge in [0.1, 0.15) is 0 Å². The van der Waals surface area contributed by atoms with Gasteiger partial charge < -0.3 is 21.1 Å². The van der Waals surface area contributed by atoms with Crippen molar-refractivity contribution in [1.29, 1.82) is 0 Å². The summed E-state index contributed by atoms with van der Waals surface area (Å²) in [5.41, 5.74) is -0.571. The van der Waals surface area contributed by atoms with Crippen LogP contribution in [0.1, 0.15) is 25.7 Å². The van der Waals surface area contributed by atoms with Crippen molar-refractivity contribution >= 4 is 17.8 Å². The molecule has 1 atom stereocenters. The number of carboxylic acid groups (broad SMARTS) is 1. The van der Waals surface area contributed by atoms with Crippen LogP contribution in [0, 0.1) is 23.7 Å². The lowest BCUT2D eigenvalue weighted by Crippen LogP contribution is -2.66. The van der Waals surface area contributed by atoms with E-state index in [0.29, 0.717) is 32.4 Å². The fourth-order valence-electron chi connectivity index (χ4n) is 3.30. The highest BCUT2D eigenvalue weighted by atomic mass is 19.4. The summed E-state index contributed by atoms with van der Waals surface area (Å²) in [7, 11) is 0. The van der Waals surface area contributed by atoms with Crippen molar-refractivity contribution in [2.24, 2.45) is 21.6 Å². The molecule has 1 unspecified atom stereocenters. The molecule has 2 saturated heterocycles. The smallest absolute Gasteiger partial charge is 0.475 e. The number of carboxylic acids is 1. The van der Waals surface area contributed by atoms with Gasteiger partial charge in [0.2, 0.25) is 11.8 Å². The van der Waals surface area contributed by atoms with Gasteiger partial charge in [-0.3, -0.25) is 9.59 Å². The Morgan fingerprint density at radius 2 is 1.93 bits per heavy atom. The summed E-state index contributed by atoms with van der Waals surface area (Å²) in [4.78, 5) is 32.9. The van der Waals surface area contributed by atoms with E-state index in [9.17, 15) is 22.8 Å². The van der Waals surface area contributed by atoms with Crippen LogP contribution in [-0.4, -0.2) is 60.9 Å². The first-order chi connectivity index (χ1) is 13.5. The van der Waals surface area contributed by atoms with E-state index in [1.807, 2.05) is 0 Å². The molecule has 1 spiro atoms. The van der Waals surface area contributed by atoms with E-state index in [0.717, 1.165) is 19.5 Å². The van der Waals surface area contributed by atoms with E-state index >= 15 is 0 Å². The van der Waals surface area contributed by atoms with E-state index in [-0.39, 0.29) is 28.8 Å².